The van der Waals surface area contributed by atoms with Crippen LogP contribution in [0.2, 0.25) is 0 Å². The molecule has 1 heterocycles. The van der Waals surface area contributed by atoms with Gasteiger partial charge in [-0.05, 0) is 12.1 Å². The van der Waals surface area contributed by atoms with E-state index in [9.17, 15) is 9.59 Å². The van der Waals surface area contributed by atoms with Crippen molar-refractivity contribution in [2.45, 2.75) is 6.92 Å². The Kier molecular flexibility index (Phi) is 4.45. The molecule has 0 saturated carbocycles. The van der Waals surface area contributed by atoms with Gasteiger partial charge in [-0.1, -0.05) is 6.92 Å². The van der Waals surface area contributed by atoms with Crippen LogP contribution in [-0.4, -0.2) is 35.7 Å². The Morgan fingerprint density at radius 2 is 2.29 bits per heavy atom. The highest BCUT2D eigenvalue weighted by molar-refractivity contribution is 5.88. The summed E-state index contributed by atoms with van der Waals surface area (Å²) in [7, 11) is 1.27. The number of aliphatic carboxylic acids is 1. The van der Waals surface area contributed by atoms with Crippen molar-refractivity contribution in [2.24, 2.45) is 5.92 Å². The number of aromatic nitrogens is 1. The van der Waals surface area contributed by atoms with Gasteiger partial charge in [0.15, 0.2) is 0 Å². The number of hydrogen-bond acceptors (Lipinski definition) is 5. The number of carbonyl (C=O) groups is 2. The molecule has 0 aliphatic rings. The van der Waals surface area contributed by atoms with Gasteiger partial charge in [0.1, 0.15) is 5.69 Å². The standard InChI is InChI=1S/C11H14N2O4/c1-7(10(14)15)6-13-8-3-4-12-9(5-8)11(16)17-2/h3-5,7H,6H2,1-2H3,(H,12,13)(H,14,15). The number of esters is 1. The Balaban J connectivity index is 2.66. The Hall–Kier alpha value is -2.11. The third kappa shape index (κ3) is 3.75. The van der Waals surface area contributed by atoms with E-state index in [0.717, 1.165) is 0 Å². The summed E-state index contributed by atoms with van der Waals surface area (Å²) in [5.41, 5.74) is 0.814. The van der Waals surface area contributed by atoms with Crippen molar-refractivity contribution in [3.63, 3.8) is 0 Å². The molecule has 1 rings (SSSR count). The lowest BCUT2D eigenvalue weighted by atomic mass is 10.2. The second-order valence-corrected chi connectivity index (χ2v) is 3.54. The molecule has 6 nitrogen and oxygen atoms in total. The van der Waals surface area contributed by atoms with E-state index >= 15 is 0 Å². The smallest absolute Gasteiger partial charge is 0.356 e. The molecule has 1 aromatic rings. The summed E-state index contributed by atoms with van der Waals surface area (Å²) in [6.07, 6.45) is 1.46. The van der Waals surface area contributed by atoms with Crippen LogP contribution in [0.4, 0.5) is 5.69 Å². The summed E-state index contributed by atoms with van der Waals surface area (Å²) in [6, 6.07) is 3.17. The molecule has 0 aromatic carbocycles. The molecule has 0 fully saturated rings. The van der Waals surface area contributed by atoms with Crippen LogP contribution in [0.5, 0.6) is 0 Å². The molecule has 0 amide bonds. The first-order valence-corrected chi connectivity index (χ1v) is 5.05. The summed E-state index contributed by atoms with van der Waals surface area (Å²) in [5.74, 6) is -1.91. The summed E-state index contributed by atoms with van der Waals surface area (Å²) in [4.78, 5) is 25.7. The van der Waals surface area contributed by atoms with Gasteiger partial charge >= 0.3 is 11.9 Å². The molecule has 0 saturated heterocycles. The van der Waals surface area contributed by atoms with Crippen LogP contribution in [0.25, 0.3) is 0 Å². The number of nitrogens with one attached hydrogen (secondary N) is 1. The maximum atomic E-state index is 11.2. The van der Waals surface area contributed by atoms with Crippen LogP contribution in [0.3, 0.4) is 0 Å². The molecule has 2 N–H and O–H groups in total. The number of carboxylic acids is 1. The third-order valence-electron chi connectivity index (χ3n) is 2.19. The number of ether oxygens (including phenoxy) is 1. The van der Waals surface area contributed by atoms with E-state index in [-0.39, 0.29) is 12.2 Å². The predicted molar refractivity (Wildman–Crippen MR) is 60.9 cm³/mol. The molecule has 1 aromatic heterocycles. The van der Waals surface area contributed by atoms with Crippen molar-refractivity contribution in [1.29, 1.82) is 0 Å². The van der Waals surface area contributed by atoms with E-state index in [1.54, 1.807) is 13.0 Å². The first kappa shape index (κ1) is 13.0. The summed E-state index contributed by atoms with van der Waals surface area (Å²) in [5, 5.41) is 11.6. The summed E-state index contributed by atoms with van der Waals surface area (Å²) >= 11 is 0. The van der Waals surface area contributed by atoms with Crippen molar-refractivity contribution in [2.75, 3.05) is 19.0 Å². The number of pyridine rings is 1. The van der Waals surface area contributed by atoms with Crippen LogP contribution >= 0.6 is 0 Å². The molecule has 0 spiro atoms. The number of carboxylic acid groups (broad SMARTS) is 1. The Bertz CT molecular complexity index is 420. The average Bonchev–Trinajstić information content (AvgIpc) is 2.35. The Morgan fingerprint density at radius 1 is 1.59 bits per heavy atom. The van der Waals surface area contributed by atoms with Crippen LogP contribution < -0.4 is 5.32 Å². The average molecular weight is 238 g/mol. The van der Waals surface area contributed by atoms with Gasteiger partial charge in [0.05, 0.1) is 13.0 Å². The number of nitrogens with zero attached hydrogens (tertiary/aromatic N) is 1. The van der Waals surface area contributed by atoms with Gasteiger partial charge in [0.2, 0.25) is 0 Å². The van der Waals surface area contributed by atoms with Crippen LogP contribution in [0, 0.1) is 5.92 Å². The SMILES string of the molecule is COC(=O)c1cc(NCC(C)C(=O)O)ccn1. The number of methoxy groups -OCH3 is 1. The molecule has 0 bridgehead atoms. The molecule has 1 unspecified atom stereocenters. The number of hydrogen-bond donors (Lipinski definition) is 2. The first-order valence-electron chi connectivity index (χ1n) is 5.05. The maximum absolute atomic E-state index is 11.2. The zero-order valence-electron chi connectivity index (χ0n) is 9.64. The van der Waals surface area contributed by atoms with Gasteiger partial charge in [0, 0.05) is 18.4 Å². The van der Waals surface area contributed by atoms with Crippen molar-refractivity contribution in [1.82, 2.24) is 4.98 Å². The molecule has 0 radical (unpaired) electrons. The highest BCUT2D eigenvalue weighted by atomic mass is 16.5. The molecule has 92 valence electrons. The van der Waals surface area contributed by atoms with E-state index in [2.05, 4.69) is 15.0 Å². The molecule has 1 atom stereocenters. The van der Waals surface area contributed by atoms with Gasteiger partial charge in [-0.3, -0.25) is 4.79 Å². The molecular formula is C11H14N2O4. The predicted octanol–water partition coefficient (Wildman–Crippen LogP) is 1.00. The first-order chi connectivity index (χ1) is 8.04. The summed E-state index contributed by atoms with van der Waals surface area (Å²) in [6.45, 7) is 1.87. The zero-order valence-corrected chi connectivity index (χ0v) is 9.64. The Morgan fingerprint density at radius 3 is 2.88 bits per heavy atom. The van der Waals surface area contributed by atoms with E-state index < -0.39 is 17.9 Å². The van der Waals surface area contributed by atoms with Gasteiger partial charge in [-0.25, -0.2) is 9.78 Å². The largest absolute Gasteiger partial charge is 0.481 e. The minimum atomic E-state index is -0.875. The van der Waals surface area contributed by atoms with E-state index in [1.165, 1.54) is 19.4 Å². The van der Waals surface area contributed by atoms with Crippen molar-refractivity contribution >= 4 is 17.6 Å². The maximum Gasteiger partial charge on any atom is 0.356 e. The molecule has 0 aliphatic carbocycles. The minimum Gasteiger partial charge on any atom is -0.481 e. The molecular weight excluding hydrogens is 224 g/mol. The second-order valence-electron chi connectivity index (χ2n) is 3.54. The van der Waals surface area contributed by atoms with Gasteiger partial charge in [-0.15, -0.1) is 0 Å². The fourth-order valence-corrected chi connectivity index (χ4v) is 1.11. The fraction of sp³-hybridized carbons (Fsp3) is 0.364. The van der Waals surface area contributed by atoms with Crippen molar-refractivity contribution in [3.8, 4) is 0 Å². The molecule has 0 aliphatic heterocycles. The van der Waals surface area contributed by atoms with E-state index in [1.807, 2.05) is 0 Å². The third-order valence-corrected chi connectivity index (χ3v) is 2.19. The fourth-order valence-electron chi connectivity index (χ4n) is 1.11. The molecule has 6 heteroatoms. The van der Waals surface area contributed by atoms with Crippen molar-refractivity contribution in [3.05, 3.63) is 24.0 Å². The lowest BCUT2D eigenvalue weighted by Crippen LogP contribution is -2.19. The minimum absolute atomic E-state index is 0.181. The highest BCUT2D eigenvalue weighted by Gasteiger charge is 2.11. The quantitative estimate of drug-likeness (QED) is 0.744. The van der Waals surface area contributed by atoms with Crippen LogP contribution in [0.1, 0.15) is 17.4 Å². The van der Waals surface area contributed by atoms with Gasteiger partial charge in [0.25, 0.3) is 0 Å². The molecule has 17 heavy (non-hydrogen) atoms. The lowest BCUT2D eigenvalue weighted by Gasteiger charge is -2.09. The topological polar surface area (TPSA) is 88.5 Å². The van der Waals surface area contributed by atoms with Crippen molar-refractivity contribution < 1.29 is 19.4 Å². The van der Waals surface area contributed by atoms with Gasteiger partial charge < -0.3 is 15.2 Å². The summed E-state index contributed by atoms with van der Waals surface area (Å²) < 4.78 is 4.53. The van der Waals surface area contributed by atoms with Gasteiger partial charge in [-0.2, -0.15) is 0 Å². The number of carbonyl (C=O) groups excluding carboxylic acids is 1. The highest BCUT2D eigenvalue weighted by Crippen LogP contribution is 2.09. The Labute approximate surface area is 98.6 Å². The van der Waals surface area contributed by atoms with E-state index in [0.29, 0.717) is 5.69 Å². The number of anilines is 1. The number of rotatable bonds is 5. The second kappa shape index (κ2) is 5.83. The normalized spacial score (nSPS) is 11.6. The van der Waals surface area contributed by atoms with Crippen LogP contribution in [0.15, 0.2) is 18.3 Å². The lowest BCUT2D eigenvalue weighted by molar-refractivity contribution is -0.140. The monoisotopic (exact) mass is 238 g/mol. The zero-order chi connectivity index (χ0) is 12.8. The van der Waals surface area contributed by atoms with Crippen LogP contribution in [-0.2, 0) is 9.53 Å². The van der Waals surface area contributed by atoms with E-state index in [4.69, 9.17) is 5.11 Å².